The van der Waals surface area contributed by atoms with Crippen LogP contribution < -0.4 is 15.6 Å². The van der Waals surface area contributed by atoms with Gasteiger partial charge in [-0.25, -0.2) is 0 Å². The number of ether oxygens (including phenoxy) is 1. The first kappa shape index (κ1) is 19.0. The lowest BCUT2D eigenvalue weighted by Crippen LogP contribution is -2.47. The number of carbonyl (C=O) groups is 2. The molecule has 0 aliphatic heterocycles. The Morgan fingerprint density at radius 2 is 1.88 bits per heavy atom. The number of amides is 2. The van der Waals surface area contributed by atoms with Crippen LogP contribution in [-0.4, -0.2) is 17.9 Å². The van der Waals surface area contributed by atoms with Gasteiger partial charge >= 0.3 is 0 Å². The van der Waals surface area contributed by atoms with E-state index >= 15 is 0 Å². The number of fused-ring (bicyclic) bond motifs is 2. The van der Waals surface area contributed by atoms with E-state index in [9.17, 15) is 9.59 Å². The maximum Gasteiger partial charge on any atom is 0.279 e. The zero-order chi connectivity index (χ0) is 18.8. The quantitative estimate of drug-likeness (QED) is 0.768. The van der Waals surface area contributed by atoms with Crippen molar-refractivity contribution in [3.05, 3.63) is 28.3 Å². The highest BCUT2D eigenvalue weighted by Gasteiger charge is 2.40. The van der Waals surface area contributed by atoms with Crippen molar-refractivity contribution in [3.63, 3.8) is 0 Å². The average Bonchev–Trinajstić information content (AvgIpc) is 3.18. The second-order valence-corrected chi connectivity index (χ2v) is 8.24. The van der Waals surface area contributed by atoms with Crippen molar-refractivity contribution in [1.29, 1.82) is 0 Å². The molecule has 2 saturated carbocycles. The van der Waals surface area contributed by atoms with E-state index in [4.69, 9.17) is 16.3 Å². The fraction of sp³-hybridized carbons (Fsp3) is 0.600. The van der Waals surface area contributed by atoms with Gasteiger partial charge in [0.15, 0.2) is 6.10 Å². The third kappa shape index (κ3) is 4.32. The molecule has 1 aromatic carbocycles. The second-order valence-electron chi connectivity index (χ2n) is 7.81. The van der Waals surface area contributed by atoms with E-state index < -0.39 is 6.10 Å². The number of aryl methyl sites for hydroxylation is 2. The van der Waals surface area contributed by atoms with Crippen molar-refractivity contribution >= 4 is 23.4 Å². The molecule has 1 aromatic rings. The minimum atomic E-state index is -0.726. The van der Waals surface area contributed by atoms with Gasteiger partial charge < -0.3 is 4.74 Å². The van der Waals surface area contributed by atoms with Crippen molar-refractivity contribution in [2.45, 2.75) is 59.0 Å². The van der Waals surface area contributed by atoms with E-state index in [1.165, 1.54) is 19.3 Å². The summed E-state index contributed by atoms with van der Waals surface area (Å²) >= 11 is 6.02. The predicted octanol–water partition coefficient (Wildman–Crippen LogP) is 3.70. The maximum absolute atomic E-state index is 12.2. The molecule has 2 bridgehead atoms. The first-order chi connectivity index (χ1) is 12.3. The Morgan fingerprint density at radius 3 is 2.46 bits per heavy atom. The van der Waals surface area contributed by atoms with Gasteiger partial charge in [0.1, 0.15) is 5.75 Å². The van der Waals surface area contributed by atoms with Gasteiger partial charge in [-0.3, -0.25) is 20.4 Å². The third-order valence-electron chi connectivity index (χ3n) is 5.75. The molecule has 6 heteroatoms. The smallest absolute Gasteiger partial charge is 0.279 e. The van der Waals surface area contributed by atoms with Gasteiger partial charge in [0.05, 0.1) is 0 Å². The fourth-order valence-electron chi connectivity index (χ4n) is 4.46. The van der Waals surface area contributed by atoms with Gasteiger partial charge in [-0.05, 0) is 81.0 Å². The topological polar surface area (TPSA) is 67.4 Å². The predicted molar refractivity (Wildman–Crippen MR) is 101 cm³/mol. The highest BCUT2D eigenvalue weighted by atomic mass is 35.5. The zero-order valence-electron chi connectivity index (χ0n) is 15.6. The molecule has 4 unspecified atom stereocenters. The lowest BCUT2D eigenvalue weighted by Gasteiger charge is -2.21. The third-order valence-corrected chi connectivity index (χ3v) is 5.96. The van der Waals surface area contributed by atoms with E-state index in [2.05, 4.69) is 10.9 Å². The number of hydrogen-bond donors (Lipinski definition) is 2. The molecule has 0 heterocycles. The summed E-state index contributed by atoms with van der Waals surface area (Å²) in [7, 11) is 0. The summed E-state index contributed by atoms with van der Waals surface area (Å²) in [6.45, 7) is 5.43. The van der Waals surface area contributed by atoms with Gasteiger partial charge in [0, 0.05) is 11.4 Å². The fourth-order valence-corrected chi connectivity index (χ4v) is 4.79. The number of hydrogen-bond acceptors (Lipinski definition) is 3. The first-order valence-electron chi connectivity index (χ1n) is 9.35. The number of halogens is 1. The molecule has 0 aromatic heterocycles. The summed E-state index contributed by atoms with van der Waals surface area (Å²) in [5.74, 6) is 2.12. The average molecular weight is 379 g/mol. The molecule has 26 heavy (non-hydrogen) atoms. The first-order valence-corrected chi connectivity index (χ1v) is 9.73. The highest BCUT2D eigenvalue weighted by Crippen LogP contribution is 2.49. The molecule has 0 saturated heterocycles. The highest BCUT2D eigenvalue weighted by molar-refractivity contribution is 6.30. The van der Waals surface area contributed by atoms with Crippen LogP contribution in [0, 0.1) is 31.6 Å². The number of rotatable bonds is 5. The van der Waals surface area contributed by atoms with E-state index in [1.54, 1.807) is 19.1 Å². The molecule has 0 spiro atoms. The maximum atomic E-state index is 12.2. The lowest BCUT2D eigenvalue weighted by atomic mass is 9.86. The van der Waals surface area contributed by atoms with Crippen LogP contribution in [0.2, 0.25) is 5.02 Å². The minimum Gasteiger partial charge on any atom is -0.480 e. The number of carbonyl (C=O) groups excluding carboxylic acids is 2. The van der Waals surface area contributed by atoms with Crippen LogP contribution in [0.1, 0.15) is 50.2 Å². The summed E-state index contributed by atoms with van der Waals surface area (Å²) in [6.07, 6.45) is 4.76. The molecule has 142 valence electrons. The van der Waals surface area contributed by atoms with Gasteiger partial charge in [-0.15, -0.1) is 0 Å². The molecule has 4 atom stereocenters. The summed E-state index contributed by atoms with van der Waals surface area (Å²) in [6, 6.07) is 3.59. The summed E-state index contributed by atoms with van der Waals surface area (Å²) in [5, 5.41) is 0.636. The standard InChI is InChI=1S/C20H27ClN2O3/c1-11-6-17(21)7-12(2)19(11)26-13(3)20(25)23-22-18(24)10-16-9-14-4-5-15(16)8-14/h6-7,13-16H,4-5,8-10H2,1-3H3,(H,22,24)(H,23,25). The van der Waals surface area contributed by atoms with Gasteiger partial charge in [-0.1, -0.05) is 18.0 Å². The van der Waals surface area contributed by atoms with Gasteiger partial charge in [-0.2, -0.15) is 0 Å². The number of benzene rings is 1. The minimum absolute atomic E-state index is 0.123. The van der Waals surface area contributed by atoms with E-state index in [1.807, 2.05) is 13.8 Å². The van der Waals surface area contributed by atoms with Gasteiger partial charge in [0.2, 0.25) is 5.91 Å². The Labute approximate surface area is 159 Å². The second kappa shape index (κ2) is 7.87. The Balaban J connectivity index is 1.46. The molecule has 2 amide bonds. The van der Waals surface area contributed by atoms with Crippen LogP contribution in [0.25, 0.3) is 0 Å². The summed E-state index contributed by atoms with van der Waals surface area (Å²) < 4.78 is 5.78. The molecular weight excluding hydrogens is 352 g/mol. The van der Waals surface area contributed by atoms with Crippen molar-refractivity contribution in [1.82, 2.24) is 10.9 Å². The van der Waals surface area contributed by atoms with Crippen molar-refractivity contribution in [2.24, 2.45) is 17.8 Å². The molecule has 2 fully saturated rings. The van der Waals surface area contributed by atoms with E-state index in [0.29, 0.717) is 29.0 Å². The van der Waals surface area contributed by atoms with Gasteiger partial charge in [0.25, 0.3) is 5.91 Å². The Kier molecular flexibility index (Phi) is 5.76. The Hall–Kier alpha value is -1.75. The van der Waals surface area contributed by atoms with Crippen LogP contribution in [0.3, 0.4) is 0 Å². The molecule has 3 rings (SSSR count). The van der Waals surface area contributed by atoms with Crippen LogP contribution in [-0.2, 0) is 9.59 Å². The van der Waals surface area contributed by atoms with E-state index in [0.717, 1.165) is 23.5 Å². The molecule has 0 radical (unpaired) electrons. The normalized spacial score (nSPS) is 25.0. The van der Waals surface area contributed by atoms with Crippen molar-refractivity contribution in [3.8, 4) is 5.75 Å². The van der Waals surface area contributed by atoms with Crippen LogP contribution >= 0.6 is 11.6 Å². The van der Waals surface area contributed by atoms with Crippen LogP contribution in [0.4, 0.5) is 0 Å². The van der Waals surface area contributed by atoms with E-state index in [-0.39, 0.29) is 11.8 Å². The summed E-state index contributed by atoms with van der Waals surface area (Å²) in [5.41, 5.74) is 6.76. The zero-order valence-corrected chi connectivity index (χ0v) is 16.4. The van der Waals surface area contributed by atoms with Crippen molar-refractivity contribution < 1.29 is 14.3 Å². The number of nitrogens with one attached hydrogen (secondary N) is 2. The SMILES string of the molecule is Cc1cc(Cl)cc(C)c1OC(C)C(=O)NNC(=O)CC1CC2CCC1C2. The number of hydrazine groups is 1. The summed E-state index contributed by atoms with van der Waals surface area (Å²) in [4.78, 5) is 24.4. The lowest BCUT2D eigenvalue weighted by molar-refractivity contribution is -0.133. The van der Waals surface area contributed by atoms with Crippen LogP contribution in [0.5, 0.6) is 5.75 Å². The molecule has 2 aliphatic carbocycles. The molecule has 2 aliphatic rings. The Morgan fingerprint density at radius 1 is 1.19 bits per heavy atom. The largest absolute Gasteiger partial charge is 0.480 e. The molecular formula is C20H27ClN2O3. The monoisotopic (exact) mass is 378 g/mol. The van der Waals surface area contributed by atoms with Crippen LogP contribution in [0.15, 0.2) is 12.1 Å². The molecule has 2 N–H and O–H groups in total. The van der Waals surface area contributed by atoms with Crippen molar-refractivity contribution in [2.75, 3.05) is 0 Å². The Bertz CT molecular complexity index is 683. The molecule has 5 nitrogen and oxygen atoms in total.